The number of hydrogen-bond acceptors (Lipinski definition) is 2. The lowest BCUT2D eigenvalue weighted by Gasteiger charge is -2.13. The minimum Gasteiger partial charge on any atom is -0.478 e. The number of carboxylic acids is 1. The minimum atomic E-state index is -0.854. The van der Waals surface area contributed by atoms with Crippen LogP contribution in [0.15, 0.2) is 6.07 Å². The molecule has 0 bridgehead atoms. The van der Waals surface area contributed by atoms with Gasteiger partial charge in [-0.2, -0.15) is 0 Å². The molecule has 16 heavy (non-hydrogen) atoms. The topological polar surface area (TPSA) is 50.2 Å². The standard InChI is InChI=1S/C13H17NO2/c1-7(2)11-8(3)6-10(13(15)16)12(14-11)9-4-5-9/h6-7,9H,4-5H2,1-3H3,(H,15,16). The number of carboxylic acid groups (broad SMARTS) is 1. The van der Waals surface area contributed by atoms with Crippen molar-refractivity contribution in [3.63, 3.8) is 0 Å². The maximum absolute atomic E-state index is 11.1. The van der Waals surface area contributed by atoms with Gasteiger partial charge in [0.25, 0.3) is 0 Å². The predicted molar refractivity (Wildman–Crippen MR) is 62.0 cm³/mol. The molecule has 0 atom stereocenters. The van der Waals surface area contributed by atoms with Crippen LogP contribution in [0.4, 0.5) is 0 Å². The summed E-state index contributed by atoms with van der Waals surface area (Å²) in [7, 11) is 0. The number of nitrogens with zero attached hydrogens (tertiary/aromatic N) is 1. The van der Waals surface area contributed by atoms with Gasteiger partial charge in [-0.15, -0.1) is 0 Å². The van der Waals surface area contributed by atoms with Crippen LogP contribution in [-0.2, 0) is 0 Å². The molecule has 2 rings (SSSR count). The van der Waals surface area contributed by atoms with Gasteiger partial charge in [-0.3, -0.25) is 4.98 Å². The van der Waals surface area contributed by atoms with Crippen molar-refractivity contribution in [1.82, 2.24) is 4.98 Å². The zero-order chi connectivity index (χ0) is 11.9. The van der Waals surface area contributed by atoms with Crippen molar-refractivity contribution in [2.75, 3.05) is 0 Å². The van der Waals surface area contributed by atoms with Gasteiger partial charge >= 0.3 is 5.97 Å². The highest BCUT2D eigenvalue weighted by molar-refractivity contribution is 5.89. The van der Waals surface area contributed by atoms with E-state index in [9.17, 15) is 4.79 Å². The van der Waals surface area contributed by atoms with E-state index in [1.165, 1.54) is 0 Å². The van der Waals surface area contributed by atoms with Crippen molar-refractivity contribution >= 4 is 5.97 Å². The molecule has 0 spiro atoms. The monoisotopic (exact) mass is 219 g/mol. The Morgan fingerprint density at radius 2 is 2.12 bits per heavy atom. The average Bonchev–Trinajstić information content (AvgIpc) is 3.00. The molecule has 0 aliphatic heterocycles. The minimum absolute atomic E-state index is 0.348. The smallest absolute Gasteiger partial charge is 0.337 e. The van der Waals surface area contributed by atoms with Crippen LogP contribution in [0.3, 0.4) is 0 Å². The van der Waals surface area contributed by atoms with Crippen LogP contribution in [0, 0.1) is 6.92 Å². The summed E-state index contributed by atoms with van der Waals surface area (Å²) in [5.74, 6) is -0.127. The summed E-state index contributed by atoms with van der Waals surface area (Å²) in [6.45, 7) is 6.12. The van der Waals surface area contributed by atoms with E-state index >= 15 is 0 Å². The van der Waals surface area contributed by atoms with E-state index in [1.54, 1.807) is 6.07 Å². The molecule has 0 amide bonds. The lowest BCUT2D eigenvalue weighted by molar-refractivity contribution is 0.0695. The van der Waals surface area contributed by atoms with Gasteiger partial charge in [0.15, 0.2) is 0 Å². The summed E-state index contributed by atoms with van der Waals surface area (Å²) in [5, 5.41) is 9.16. The van der Waals surface area contributed by atoms with Gasteiger partial charge in [0, 0.05) is 11.6 Å². The van der Waals surface area contributed by atoms with Gasteiger partial charge in [-0.05, 0) is 37.3 Å². The van der Waals surface area contributed by atoms with Gasteiger partial charge in [-0.25, -0.2) is 4.79 Å². The van der Waals surface area contributed by atoms with Gasteiger partial charge in [-0.1, -0.05) is 13.8 Å². The average molecular weight is 219 g/mol. The van der Waals surface area contributed by atoms with E-state index in [0.717, 1.165) is 29.8 Å². The Kier molecular flexibility index (Phi) is 2.70. The van der Waals surface area contributed by atoms with Gasteiger partial charge in [0.1, 0.15) is 0 Å². The number of carbonyl (C=O) groups is 1. The first kappa shape index (κ1) is 11.1. The molecule has 3 nitrogen and oxygen atoms in total. The first-order valence-electron chi connectivity index (χ1n) is 5.75. The molecule has 1 saturated carbocycles. The molecule has 1 heterocycles. The normalized spacial score (nSPS) is 15.5. The zero-order valence-corrected chi connectivity index (χ0v) is 9.95. The molecule has 86 valence electrons. The highest BCUT2D eigenvalue weighted by Crippen LogP contribution is 2.41. The van der Waals surface area contributed by atoms with Gasteiger partial charge in [0.05, 0.1) is 11.3 Å². The number of hydrogen-bond donors (Lipinski definition) is 1. The molecule has 3 heteroatoms. The first-order chi connectivity index (χ1) is 7.50. The summed E-state index contributed by atoms with van der Waals surface area (Å²) in [4.78, 5) is 15.7. The first-order valence-corrected chi connectivity index (χ1v) is 5.75. The van der Waals surface area contributed by atoms with Crippen LogP contribution >= 0.6 is 0 Å². The van der Waals surface area contributed by atoms with Crippen molar-refractivity contribution < 1.29 is 9.90 Å². The summed E-state index contributed by atoms with van der Waals surface area (Å²) in [5.41, 5.74) is 3.20. The second kappa shape index (κ2) is 3.89. The number of aromatic carboxylic acids is 1. The molecule has 0 saturated heterocycles. The fourth-order valence-corrected chi connectivity index (χ4v) is 2.07. The van der Waals surface area contributed by atoms with E-state index in [-0.39, 0.29) is 0 Å². The Balaban J connectivity index is 2.54. The Morgan fingerprint density at radius 3 is 2.56 bits per heavy atom. The van der Waals surface area contributed by atoms with Crippen LogP contribution in [-0.4, -0.2) is 16.1 Å². The molecular formula is C13H17NO2. The molecule has 1 N–H and O–H groups in total. The fraction of sp³-hybridized carbons (Fsp3) is 0.538. The lowest BCUT2D eigenvalue weighted by Crippen LogP contribution is -2.09. The summed E-state index contributed by atoms with van der Waals surface area (Å²) in [6, 6.07) is 1.78. The van der Waals surface area contributed by atoms with Crippen molar-refractivity contribution in [2.45, 2.75) is 45.4 Å². The number of aryl methyl sites for hydroxylation is 1. The predicted octanol–water partition coefficient (Wildman–Crippen LogP) is 3.09. The van der Waals surface area contributed by atoms with E-state index in [2.05, 4.69) is 18.8 Å². The van der Waals surface area contributed by atoms with E-state index < -0.39 is 5.97 Å². The van der Waals surface area contributed by atoms with Gasteiger partial charge in [0.2, 0.25) is 0 Å². The third-order valence-corrected chi connectivity index (χ3v) is 3.02. The fourth-order valence-electron chi connectivity index (χ4n) is 2.07. The van der Waals surface area contributed by atoms with Crippen LogP contribution in [0.1, 0.15) is 65.8 Å². The molecule has 0 unspecified atom stereocenters. The van der Waals surface area contributed by atoms with Crippen LogP contribution in [0.5, 0.6) is 0 Å². The molecule has 0 radical (unpaired) electrons. The maximum Gasteiger partial charge on any atom is 0.337 e. The Hall–Kier alpha value is -1.38. The summed E-state index contributed by atoms with van der Waals surface area (Å²) in [6.07, 6.45) is 2.15. The lowest BCUT2D eigenvalue weighted by atomic mass is 10.00. The van der Waals surface area contributed by atoms with Crippen LogP contribution in [0.25, 0.3) is 0 Å². The quantitative estimate of drug-likeness (QED) is 0.849. The Morgan fingerprint density at radius 1 is 1.50 bits per heavy atom. The molecule has 1 fully saturated rings. The van der Waals surface area contributed by atoms with E-state index in [4.69, 9.17) is 5.11 Å². The van der Waals surface area contributed by atoms with Crippen molar-refractivity contribution in [1.29, 1.82) is 0 Å². The molecule has 1 aliphatic carbocycles. The van der Waals surface area contributed by atoms with Crippen LogP contribution < -0.4 is 0 Å². The van der Waals surface area contributed by atoms with Crippen molar-refractivity contribution in [3.05, 3.63) is 28.6 Å². The van der Waals surface area contributed by atoms with Crippen LogP contribution in [0.2, 0.25) is 0 Å². The molecule has 1 aromatic rings. The number of pyridine rings is 1. The highest BCUT2D eigenvalue weighted by atomic mass is 16.4. The number of aromatic nitrogens is 1. The Labute approximate surface area is 95.5 Å². The molecule has 1 aliphatic rings. The SMILES string of the molecule is Cc1cc(C(=O)O)c(C2CC2)nc1C(C)C. The largest absolute Gasteiger partial charge is 0.478 e. The molecular weight excluding hydrogens is 202 g/mol. The third kappa shape index (κ3) is 1.94. The van der Waals surface area contributed by atoms with Crippen molar-refractivity contribution in [3.8, 4) is 0 Å². The third-order valence-electron chi connectivity index (χ3n) is 3.02. The number of rotatable bonds is 3. The summed E-state index contributed by atoms with van der Waals surface area (Å²) >= 11 is 0. The molecule has 1 aromatic heterocycles. The highest BCUT2D eigenvalue weighted by Gasteiger charge is 2.30. The maximum atomic E-state index is 11.1. The van der Waals surface area contributed by atoms with Crippen molar-refractivity contribution in [2.24, 2.45) is 0 Å². The molecule has 0 aromatic carbocycles. The second-order valence-corrected chi connectivity index (χ2v) is 4.86. The zero-order valence-electron chi connectivity index (χ0n) is 9.95. The second-order valence-electron chi connectivity index (χ2n) is 4.86. The summed E-state index contributed by atoms with van der Waals surface area (Å²) < 4.78 is 0. The van der Waals surface area contributed by atoms with E-state index in [1.807, 2.05) is 6.92 Å². The van der Waals surface area contributed by atoms with Gasteiger partial charge < -0.3 is 5.11 Å². The van der Waals surface area contributed by atoms with E-state index in [0.29, 0.717) is 17.4 Å². The Bertz CT molecular complexity index is 434.